The van der Waals surface area contributed by atoms with E-state index in [1.807, 2.05) is 13.8 Å². The quantitative estimate of drug-likeness (QED) is 0.473. The minimum atomic E-state index is -4.51. The van der Waals surface area contributed by atoms with E-state index in [9.17, 15) is 18.0 Å². The van der Waals surface area contributed by atoms with Crippen molar-refractivity contribution in [3.8, 4) is 17.3 Å². The lowest BCUT2D eigenvalue weighted by molar-refractivity contribution is -0.141. The number of fused-ring (bicyclic) bond motifs is 4. The standard InChI is InChI=1S/C27H28F3N7O4/c1-26(2)40-15-19(41-26)14-39-21-8-9-31-24(33-21)35-25(38)37-18-7-4-10-36(13-18)20-12-32-22(34-23(20)37)16-5-3-6-17(11-16)27(28,29)30/h3,5-6,8-9,11-12,18-19H,4,7,10,13-15H2,1-2H3,(H,31,33,35,38)/t18?,19-/m1/s1. The van der Waals surface area contributed by atoms with Gasteiger partial charge in [0.05, 0.1) is 30.1 Å². The van der Waals surface area contributed by atoms with Crippen LogP contribution in [-0.2, 0) is 15.7 Å². The Kier molecular flexibility index (Phi) is 6.90. The topological polar surface area (TPSA) is 115 Å². The third-order valence-corrected chi connectivity index (χ3v) is 7.08. The van der Waals surface area contributed by atoms with Crippen LogP contribution in [-0.4, -0.2) is 70.2 Å². The van der Waals surface area contributed by atoms with Crippen molar-refractivity contribution in [1.82, 2.24) is 19.9 Å². The molecule has 2 amide bonds. The summed E-state index contributed by atoms with van der Waals surface area (Å²) in [5.41, 5.74) is 0.0231. The maximum atomic E-state index is 13.6. The zero-order chi connectivity index (χ0) is 28.8. The van der Waals surface area contributed by atoms with Crippen molar-refractivity contribution in [1.29, 1.82) is 0 Å². The number of anilines is 3. The number of amides is 2. The zero-order valence-electron chi connectivity index (χ0n) is 22.4. The van der Waals surface area contributed by atoms with E-state index in [0.29, 0.717) is 24.7 Å². The van der Waals surface area contributed by atoms with Crippen LogP contribution >= 0.6 is 0 Å². The largest absolute Gasteiger partial charge is 0.475 e. The average molecular weight is 572 g/mol. The zero-order valence-corrected chi connectivity index (χ0v) is 22.4. The number of halogens is 3. The Bertz CT molecular complexity index is 1450. The van der Waals surface area contributed by atoms with E-state index in [2.05, 4.69) is 30.2 Å². The SMILES string of the molecule is CC1(C)OC[C@@H](COc2ccnc(NC(=O)N3c4nc(-c5cccc(C(F)(F)F)c5)ncc4N4CCCC3C4)n2)O1. The first-order valence-electron chi connectivity index (χ1n) is 13.2. The second-order valence-corrected chi connectivity index (χ2v) is 10.5. The summed E-state index contributed by atoms with van der Waals surface area (Å²) in [6, 6.07) is 5.66. The third-order valence-electron chi connectivity index (χ3n) is 7.08. The fourth-order valence-electron chi connectivity index (χ4n) is 5.22. The highest BCUT2D eigenvalue weighted by Gasteiger charge is 2.39. The molecule has 0 radical (unpaired) electrons. The number of hydrogen-bond acceptors (Lipinski definition) is 9. The number of urea groups is 1. The molecule has 14 heteroatoms. The van der Waals surface area contributed by atoms with Gasteiger partial charge in [-0.05, 0) is 38.8 Å². The molecule has 216 valence electrons. The fourth-order valence-corrected chi connectivity index (χ4v) is 5.22. The van der Waals surface area contributed by atoms with Crippen LogP contribution in [0.25, 0.3) is 11.4 Å². The summed E-state index contributed by atoms with van der Waals surface area (Å²) >= 11 is 0. The Labute approximate surface area is 233 Å². The van der Waals surface area contributed by atoms with E-state index in [-0.39, 0.29) is 42.0 Å². The number of nitrogens with zero attached hydrogens (tertiary/aromatic N) is 6. The van der Waals surface area contributed by atoms with Crippen molar-refractivity contribution in [2.45, 2.75) is 50.8 Å². The van der Waals surface area contributed by atoms with Gasteiger partial charge >= 0.3 is 12.2 Å². The number of alkyl halides is 3. The second kappa shape index (κ2) is 10.4. The van der Waals surface area contributed by atoms with E-state index >= 15 is 0 Å². The first-order chi connectivity index (χ1) is 19.6. The first kappa shape index (κ1) is 27.1. The number of carbonyl (C=O) groups is 1. The van der Waals surface area contributed by atoms with Crippen LogP contribution in [0.5, 0.6) is 5.88 Å². The highest BCUT2D eigenvalue weighted by atomic mass is 19.4. The summed E-state index contributed by atoms with van der Waals surface area (Å²) in [7, 11) is 0. The molecule has 2 aromatic heterocycles. The van der Waals surface area contributed by atoms with Crippen LogP contribution in [0.15, 0.2) is 42.7 Å². The average Bonchev–Trinajstić information content (AvgIpc) is 3.30. The van der Waals surface area contributed by atoms with Crippen molar-refractivity contribution in [3.63, 3.8) is 0 Å². The Balaban J connectivity index is 1.24. The van der Waals surface area contributed by atoms with E-state index in [1.54, 1.807) is 12.3 Å². The maximum absolute atomic E-state index is 13.6. The molecule has 3 aliphatic rings. The van der Waals surface area contributed by atoms with Crippen LogP contribution in [0.1, 0.15) is 32.3 Å². The number of hydrogen-bond donors (Lipinski definition) is 1. The van der Waals surface area contributed by atoms with Gasteiger partial charge in [0.2, 0.25) is 11.8 Å². The summed E-state index contributed by atoms with van der Waals surface area (Å²) in [4.78, 5) is 34.6. The molecule has 0 saturated carbocycles. The molecule has 2 atom stereocenters. The maximum Gasteiger partial charge on any atom is 0.416 e. The van der Waals surface area contributed by atoms with Gasteiger partial charge in [0, 0.05) is 30.9 Å². The number of aromatic nitrogens is 4. The number of piperidine rings is 1. The third kappa shape index (κ3) is 5.75. The molecular formula is C27H28F3N7O4. The molecule has 1 unspecified atom stereocenters. The van der Waals surface area contributed by atoms with Crippen molar-refractivity contribution in [3.05, 3.63) is 48.3 Å². The minimum absolute atomic E-state index is 0.0309. The van der Waals surface area contributed by atoms with Gasteiger partial charge in [-0.1, -0.05) is 12.1 Å². The molecule has 2 fully saturated rings. The van der Waals surface area contributed by atoms with Gasteiger partial charge in [-0.3, -0.25) is 10.2 Å². The Morgan fingerprint density at radius 1 is 1.22 bits per heavy atom. The van der Waals surface area contributed by atoms with Gasteiger partial charge in [-0.2, -0.15) is 18.2 Å². The van der Waals surface area contributed by atoms with Crippen LogP contribution in [0.4, 0.5) is 35.4 Å². The number of rotatable bonds is 5. The number of benzene rings is 1. The van der Waals surface area contributed by atoms with Crippen LogP contribution in [0, 0.1) is 0 Å². The van der Waals surface area contributed by atoms with Crippen LogP contribution in [0.3, 0.4) is 0 Å². The van der Waals surface area contributed by atoms with Crippen LogP contribution in [0.2, 0.25) is 0 Å². The van der Waals surface area contributed by atoms with Gasteiger partial charge in [0.1, 0.15) is 12.7 Å². The molecule has 11 nitrogen and oxygen atoms in total. The van der Waals surface area contributed by atoms with E-state index in [1.165, 1.54) is 23.2 Å². The van der Waals surface area contributed by atoms with Crippen molar-refractivity contribution >= 4 is 23.5 Å². The monoisotopic (exact) mass is 571 g/mol. The molecular weight excluding hydrogens is 543 g/mol. The number of carbonyl (C=O) groups excluding carboxylic acids is 1. The summed E-state index contributed by atoms with van der Waals surface area (Å²) < 4.78 is 57.0. The smallest absolute Gasteiger partial charge is 0.416 e. The minimum Gasteiger partial charge on any atom is -0.475 e. The number of ether oxygens (including phenoxy) is 3. The molecule has 1 N–H and O–H groups in total. The van der Waals surface area contributed by atoms with Gasteiger partial charge < -0.3 is 19.1 Å². The molecule has 3 aliphatic heterocycles. The van der Waals surface area contributed by atoms with Crippen molar-refractivity contribution < 1.29 is 32.2 Å². The highest BCUT2D eigenvalue weighted by Crippen LogP contribution is 2.39. The molecule has 5 heterocycles. The summed E-state index contributed by atoms with van der Waals surface area (Å²) in [5, 5.41) is 2.73. The van der Waals surface area contributed by atoms with E-state index < -0.39 is 23.6 Å². The van der Waals surface area contributed by atoms with Crippen molar-refractivity contribution in [2.24, 2.45) is 0 Å². The van der Waals surface area contributed by atoms with Gasteiger partial charge in [0.25, 0.3) is 0 Å². The van der Waals surface area contributed by atoms with E-state index in [0.717, 1.165) is 31.5 Å². The van der Waals surface area contributed by atoms with Gasteiger partial charge in [-0.25, -0.2) is 19.7 Å². The Hall–Kier alpha value is -4.04. The second-order valence-electron chi connectivity index (χ2n) is 10.5. The Morgan fingerprint density at radius 3 is 2.85 bits per heavy atom. The number of nitrogens with one attached hydrogen (secondary N) is 1. The lowest BCUT2D eigenvalue weighted by atomic mass is 10.0. The molecule has 0 aliphatic carbocycles. The van der Waals surface area contributed by atoms with Crippen LogP contribution < -0.4 is 19.9 Å². The molecule has 41 heavy (non-hydrogen) atoms. The summed E-state index contributed by atoms with van der Waals surface area (Å²) in [6.45, 7) is 5.59. The van der Waals surface area contributed by atoms with E-state index in [4.69, 9.17) is 14.2 Å². The van der Waals surface area contributed by atoms with Gasteiger partial charge in [-0.15, -0.1) is 0 Å². The lowest BCUT2D eigenvalue weighted by Gasteiger charge is -2.45. The van der Waals surface area contributed by atoms with Gasteiger partial charge in [0.15, 0.2) is 17.4 Å². The summed E-state index contributed by atoms with van der Waals surface area (Å²) in [6.07, 6.45) is -0.160. The molecule has 6 rings (SSSR count). The van der Waals surface area contributed by atoms with Crippen molar-refractivity contribution in [2.75, 3.05) is 41.4 Å². The predicted octanol–water partition coefficient (Wildman–Crippen LogP) is 4.50. The lowest BCUT2D eigenvalue weighted by Crippen LogP contribution is -2.56. The molecule has 3 aromatic rings. The predicted molar refractivity (Wildman–Crippen MR) is 142 cm³/mol. The normalized spacial score (nSPS) is 21.4. The Morgan fingerprint density at radius 2 is 2.07 bits per heavy atom. The molecule has 2 saturated heterocycles. The first-order valence-corrected chi connectivity index (χ1v) is 13.2. The molecule has 0 spiro atoms. The molecule has 2 bridgehead atoms. The highest BCUT2D eigenvalue weighted by molar-refractivity contribution is 6.03. The fraction of sp³-hybridized carbons (Fsp3) is 0.444. The molecule has 1 aromatic carbocycles. The summed E-state index contributed by atoms with van der Waals surface area (Å²) in [5.74, 6) is 0.00283.